The zero-order chi connectivity index (χ0) is 16.5. The average Bonchev–Trinajstić information content (AvgIpc) is 2.62. The largest absolute Gasteiger partial charge is 0.377 e. The molecule has 0 amide bonds. The molecule has 2 aromatic carbocycles. The highest BCUT2D eigenvalue weighted by Gasteiger charge is 2.27. The van der Waals surface area contributed by atoms with Crippen molar-refractivity contribution in [1.82, 2.24) is 9.97 Å². The van der Waals surface area contributed by atoms with E-state index in [0.717, 1.165) is 27.7 Å². The number of rotatable bonds is 2. The van der Waals surface area contributed by atoms with Gasteiger partial charge in [-0.1, -0.05) is 46.3 Å². The van der Waals surface area contributed by atoms with Crippen molar-refractivity contribution < 1.29 is 4.74 Å². The minimum Gasteiger partial charge on any atom is -0.377 e. The summed E-state index contributed by atoms with van der Waals surface area (Å²) in [6.07, 6.45) is 0. The Labute approximate surface area is 153 Å². The quantitative estimate of drug-likeness (QED) is 0.584. The minimum absolute atomic E-state index is 0.105. The first-order valence-electron chi connectivity index (χ1n) is 7.74. The van der Waals surface area contributed by atoms with Crippen LogP contribution in [0.3, 0.4) is 0 Å². The van der Waals surface area contributed by atoms with Crippen LogP contribution in [-0.2, 0) is 4.74 Å². The van der Waals surface area contributed by atoms with Gasteiger partial charge in [-0.05, 0) is 35.4 Å². The summed E-state index contributed by atoms with van der Waals surface area (Å²) in [7, 11) is 0. The van der Waals surface area contributed by atoms with E-state index in [1.807, 2.05) is 36.4 Å². The topological polar surface area (TPSA) is 38.2 Å². The molecule has 24 heavy (non-hydrogen) atoms. The lowest BCUT2D eigenvalue weighted by molar-refractivity contribution is 0.0939. The molecule has 0 N–H and O–H groups in total. The lowest BCUT2D eigenvalue weighted by Crippen LogP contribution is -2.40. The van der Waals surface area contributed by atoms with Crippen LogP contribution in [0.5, 0.6) is 0 Å². The smallest absolute Gasteiger partial charge is 0.224 e. The molecule has 4 nitrogen and oxygen atoms in total. The Bertz CT molecular complexity index is 875. The average molecular weight is 405 g/mol. The lowest BCUT2D eigenvalue weighted by Gasteiger charge is -2.37. The molecule has 2 heterocycles. The first-order valence-corrected chi connectivity index (χ1v) is 8.91. The first-order chi connectivity index (χ1) is 11.7. The molecule has 1 unspecified atom stereocenters. The SMILES string of the molecule is Clc1nc(N2CCOCC2c2ccccc2)c2cc(Br)ccc2n1. The van der Waals surface area contributed by atoms with Gasteiger partial charge in [-0.2, -0.15) is 4.98 Å². The number of benzene rings is 2. The van der Waals surface area contributed by atoms with Crippen molar-refractivity contribution in [2.24, 2.45) is 0 Å². The Morgan fingerprint density at radius 2 is 1.96 bits per heavy atom. The van der Waals surface area contributed by atoms with Gasteiger partial charge in [0.15, 0.2) is 0 Å². The lowest BCUT2D eigenvalue weighted by atomic mass is 10.0. The predicted octanol–water partition coefficient (Wildman–Crippen LogP) is 4.62. The molecule has 1 fully saturated rings. The van der Waals surface area contributed by atoms with E-state index in [4.69, 9.17) is 16.3 Å². The summed E-state index contributed by atoms with van der Waals surface area (Å²) >= 11 is 9.72. The van der Waals surface area contributed by atoms with Crippen molar-refractivity contribution >= 4 is 44.3 Å². The molecule has 0 radical (unpaired) electrons. The number of aromatic nitrogens is 2. The van der Waals surface area contributed by atoms with Crippen LogP contribution < -0.4 is 4.90 Å². The molecule has 1 saturated heterocycles. The maximum atomic E-state index is 6.18. The molecule has 3 aromatic rings. The number of hydrogen-bond donors (Lipinski definition) is 0. The standard InChI is InChI=1S/C18H15BrClN3O/c19-13-6-7-15-14(10-13)17(22-18(20)21-15)23-8-9-24-11-16(23)12-4-2-1-3-5-12/h1-7,10,16H,8-9,11H2. The van der Waals surface area contributed by atoms with Crippen molar-refractivity contribution in [3.63, 3.8) is 0 Å². The number of ether oxygens (including phenoxy) is 1. The molecule has 6 heteroatoms. The van der Waals surface area contributed by atoms with Crippen LogP contribution in [0.2, 0.25) is 5.28 Å². The Morgan fingerprint density at radius 1 is 1.12 bits per heavy atom. The maximum absolute atomic E-state index is 6.18. The van der Waals surface area contributed by atoms with E-state index in [9.17, 15) is 0 Å². The number of fused-ring (bicyclic) bond motifs is 1. The molecule has 122 valence electrons. The van der Waals surface area contributed by atoms with Crippen LogP contribution in [0.4, 0.5) is 5.82 Å². The van der Waals surface area contributed by atoms with E-state index in [2.05, 4.69) is 42.9 Å². The summed E-state index contributed by atoms with van der Waals surface area (Å²) in [5, 5.41) is 1.25. The molecule has 1 aliphatic rings. The van der Waals surface area contributed by atoms with Gasteiger partial charge >= 0.3 is 0 Å². The molecular weight excluding hydrogens is 390 g/mol. The zero-order valence-electron chi connectivity index (χ0n) is 12.8. The Balaban J connectivity index is 1.86. The van der Waals surface area contributed by atoms with Gasteiger partial charge in [0.1, 0.15) is 5.82 Å². The van der Waals surface area contributed by atoms with Gasteiger partial charge in [0.05, 0.1) is 24.8 Å². The predicted molar refractivity (Wildman–Crippen MR) is 99.6 cm³/mol. The highest BCUT2D eigenvalue weighted by Crippen LogP contribution is 2.34. The van der Waals surface area contributed by atoms with Gasteiger partial charge in [0.2, 0.25) is 5.28 Å². The molecule has 0 saturated carbocycles. The van der Waals surface area contributed by atoms with E-state index >= 15 is 0 Å². The van der Waals surface area contributed by atoms with Crippen LogP contribution in [0.25, 0.3) is 10.9 Å². The number of halogens is 2. The monoisotopic (exact) mass is 403 g/mol. The second kappa shape index (κ2) is 6.67. The fraction of sp³-hybridized carbons (Fsp3) is 0.222. The molecule has 1 aliphatic heterocycles. The minimum atomic E-state index is 0.105. The Morgan fingerprint density at radius 3 is 2.79 bits per heavy atom. The fourth-order valence-corrected chi connectivity index (χ4v) is 3.62. The summed E-state index contributed by atoms with van der Waals surface area (Å²) in [6.45, 7) is 2.05. The van der Waals surface area contributed by atoms with Crippen LogP contribution in [0.15, 0.2) is 53.0 Å². The summed E-state index contributed by atoms with van der Waals surface area (Å²) in [6, 6.07) is 16.4. The van der Waals surface area contributed by atoms with Gasteiger partial charge < -0.3 is 9.64 Å². The number of morpholine rings is 1. The number of nitrogens with zero attached hydrogens (tertiary/aromatic N) is 3. The summed E-state index contributed by atoms with van der Waals surface area (Å²) in [5.41, 5.74) is 2.04. The van der Waals surface area contributed by atoms with E-state index in [0.29, 0.717) is 13.2 Å². The third kappa shape index (κ3) is 2.99. The van der Waals surface area contributed by atoms with E-state index in [1.54, 1.807) is 0 Å². The summed E-state index contributed by atoms with van der Waals surface area (Å²) in [5.74, 6) is 0.850. The number of hydrogen-bond acceptors (Lipinski definition) is 4. The fourth-order valence-electron chi connectivity index (χ4n) is 3.08. The molecular formula is C18H15BrClN3O. The highest BCUT2D eigenvalue weighted by atomic mass is 79.9. The van der Waals surface area contributed by atoms with Crippen molar-refractivity contribution in [2.75, 3.05) is 24.7 Å². The van der Waals surface area contributed by atoms with Crippen LogP contribution in [-0.4, -0.2) is 29.7 Å². The van der Waals surface area contributed by atoms with Crippen molar-refractivity contribution in [2.45, 2.75) is 6.04 Å². The Hall–Kier alpha value is -1.69. The molecule has 1 atom stereocenters. The molecule has 1 aromatic heterocycles. The van der Waals surface area contributed by atoms with Gasteiger partial charge in [0.25, 0.3) is 0 Å². The molecule has 4 rings (SSSR count). The van der Waals surface area contributed by atoms with Crippen molar-refractivity contribution in [3.8, 4) is 0 Å². The van der Waals surface area contributed by atoms with Crippen molar-refractivity contribution in [3.05, 3.63) is 63.9 Å². The third-order valence-electron chi connectivity index (χ3n) is 4.20. The first kappa shape index (κ1) is 15.8. The number of anilines is 1. The third-order valence-corrected chi connectivity index (χ3v) is 4.86. The van der Waals surface area contributed by atoms with E-state index in [1.165, 1.54) is 5.56 Å². The zero-order valence-corrected chi connectivity index (χ0v) is 15.2. The second-order valence-electron chi connectivity index (χ2n) is 5.67. The molecule has 0 bridgehead atoms. The van der Waals surface area contributed by atoms with Crippen LogP contribution in [0, 0.1) is 0 Å². The van der Waals surface area contributed by atoms with Crippen LogP contribution >= 0.6 is 27.5 Å². The second-order valence-corrected chi connectivity index (χ2v) is 6.93. The van der Waals surface area contributed by atoms with Gasteiger partial charge in [0, 0.05) is 16.4 Å². The highest BCUT2D eigenvalue weighted by molar-refractivity contribution is 9.10. The van der Waals surface area contributed by atoms with E-state index in [-0.39, 0.29) is 11.3 Å². The normalized spacial score (nSPS) is 18.1. The van der Waals surface area contributed by atoms with Crippen molar-refractivity contribution in [1.29, 1.82) is 0 Å². The summed E-state index contributed by atoms with van der Waals surface area (Å²) in [4.78, 5) is 11.2. The summed E-state index contributed by atoms with van der Waals surface area (Å²) < 4.78 is 6.72. The Kier molecular flexibility index (Phi) is 4.39. The van der Waals surface area contributed by atoms with Crippen LogP contribution in [0.1, 0.15) is 11.6 Å². The molecule has 0 spiro atoms. The molecule has 0 aliphatic carbocycles. The van der Waals surface area contributed by atoms with E-state index < -0.39 is 0 Å². The van der Waals surface area contributed by atoms with Gasteiger partial charge in [-0.3, -0.25) is 0 Å². The van der Waals surface area contributed by atoms with Gasteiger partial charge in [-0.15, -0.1) is 0 Å². The maximum Gasteiger partial charge on any atom is 0.224 e. The van der Waals surface area contributed by atoms with Gasteiger partial charge in [-0.25, -0.2) is 4.98 Å².